The molecule has 0 saturated heterocycles. The molecule has 1 aliphatic rings. The summed E-state index contributed by atoms with van der Waals surface area (Å²) in [4.78, 5) is 0. The predicted octanol–water partition coefficient (Wildman–Crippen LogP) is 9.26. The van der Waals surface area contributed by atoms with Gasteiger partial charge in [-0.1, -0.05) is 105 Å². The van der Waals surface area contributed by atoms with E-state index in [1.165, 1.54) is 11.1 Å². The van der Waals surface area contributed by atoms with Gasteiger partial charge in [0.15, 0.2) is 0 Å². The van der Waals surface area contributed by atoms with Crippen LogP contribution < -0.4 is 10.1 Å². The Morgan fingerprint density at radius 3 is 2.22 bits per heavy atom. The molecule has 4 aromatic rings. The summed E-state index contributed by atoms with van der Waals surface area (Å²) in [6.45, 7) is 12.4. The van der Waals surface area contributed by atoms with Crippen LogP contribution >= 0.6 is 11.6 Å². The van der Waals surface area contributed by atoms with Crippen molar-refractivity contribution in [1.29, 1.82) is 0 Å². The molecule has 0 bridgehead atoms. The molecule has 0 spiro atoms. The molecule has 1 N–H and O–H groups in total. The lowest BCUT2D eigenvalue weighted by Gasteiger charge is -2.44. The highest BCUT2D eigenvalue weighted by atomic mass is 35.5. The molecule has 4 aromatic carbocycles. The van der Waals surface area contributed by atoms with Crippen molar-refractivity contribution >= 4 is 17.3 Å². The van der Waals surface area contributed by atoms with E-state index < -0.39 is 5.60 Å². The fourth-order valence-electron chi connectivity index (χ4n) is 5.19. The second-order valence-electron chi connectivity index (χ2n) is 12.3. The highest BCUT2D eigenvalue weighted by Crippen LogP contribution is 2.45. The SMILES string of the molecule is CC(C)(C)c1ccc(CNc2ccc3c(c2)C(OCc2ccccc2)C(OCc2ccccc2Cl)C(C)(C)O3)cc1. The maximum Gasteiger partial charge on any atom is 0.132 e. The average molecular weight is 570 g/mol. The third kappa shape index (κ3) is 7.13. The largest absolute Gasteiger partial charge is 0.485 e. The zero-order valence-electron chi connectivity index (χ0n) is 24.6. The standard InChI is InChI=1S/C36H40ClNO3/c1-35(2,3)28-17-15-25(16-18-28)22-38-29-19-20-32-30(21-29)33(39-23-26-11-7-6-8-12-26)34(36(4,5)41-32)40-24-27-13-9-10-14-31(27)37/h6-21,33-34,38H,22-24H2,1-5H3. The number of nitrogens with one attached hydrogen (secondary N) is 1. The first-order valence-corrected chi connectivity index (χ1v) is 14.6. The number of benzene rings is 4. The topological polar surface area (TPSA) is 39.7 Å². The van der Waals surface area contributed by atoms with E-state index >= 15 is 0 Å². The monoisotopic (exact) mass is 569 g/mol. The molecule has 41 heavy (non-hydrogen) atoms. The smallest absolute Gasteiger partial charge is 0.132 e. The van der Waals surface area contributed by atoms with Gasteiger partial charge >= 0.3 is 0 Å². The molecule has 0 fully saturated rings. The van der Waals surface area contributed by atoms with Crippen molar-refractivity contribution < 1.29 is 14.2 Å². The molecule has 2 unspecified atom stereocenters. The minimum Gasteiger partial charge on any atom is -0.485 e. The Labute approximate surface area is 249 Å². The molecule has 0 aromatic heterocycles. The van der Waals surface area contributed by atoms with Crippen molar-refractivity contribution in [3.8, 4) is 5.75 Å². The number of ether oxygens (including phenoxy) is 3. The number of rotatable bonds is 9. The molecule has 0 amide bonds. The summed E-state index contributed by atoms with van der Waals surface area (Å²) in [6.07, 6.45) is -0.709. The van der Waals surface area contributed by atoms with Gasteiger partial charge in [-0.25, -0.2) is 0 Å². The second-order valence-corrected chi connectivity index (χ2v) is 12.7. The third-order valence-corrected chi connectivity index (χ3v) is 7.98. The van der Waals surface area contributed by atoms with Gasteiger partial charge < -0.3 is 19.5 Å². The molecule has 1 aliphatic heterocycles. The molecule has 0 radical (unpaired) electrons. The van der Waals surface area contributed by atoms with Crippen molar-refractivity contribution in [2.24, 2.45) is 0 Å². The number of anilines is 1. The van der Waals surface area contributed by atoms with Crippen LogP contribution in [0.5, 0.6) is 5.75 Å². The van der Waals surface area contributed by atoms with E-state index in [1.807, 2.05) is 48.5 Å². The summed E-state index contributed by atoms with van der Waals surface area (Å²) in [5.74, 6) is 0.811. The minimum atomic E-state index is -0.626. The molecule has 4 nitrogen and oxygen atoms in total. The quantitative estimate of drug-likeness (QED) is 0.218. The lowest BCUT2D eigenvalue weighted by Crippen LogP contribution is -2.50. The Morgan fingerprint density at radius 1 is 0.805 bits per heavy atom. The summed E-state index contributed by atoms with van der Waals surface area (Å²) in [5.41, 5.74) is 6.09. The van der Waals surface area contributed by atoms with Gasteiger partial charge in [-0.3, -0.25) is 0 Å². The molecule has 2 atom stereocenters. The highest BCUT2D eigenvalue weighted by molar-refractivity contribution is 6.31. The van der Waals surface area contributed by atoms with Crippen molar-refractivity contribution in [2.75, 3.05) is 5.32 Å². The first-order valence-electron chi connectivity index (χ1n) is 14.3. The molecule has 214 valence electrons. The number of halogens is 1. The molecule has 5 heteroatoms. The van der Waals surface area contributed by atoms with Crippen LogP contribution in [0.2, 0.25) is 5.02 Å². The third-order valence-electron chi connectivity index (χ3n) is 7.61. The Balaban J connectivity index is 1.40. The van der Waals surface area contributed by atoms with Gasteiger partial charge in [0.1, 0.15) is 23.6 Å². The van der Waals surface area contributed by atoms with Crippen LogP contribution in [0.4, 0.5) is 5.69 Å². The second kappa shape index (κ2) is 12.3. The lowest BCUT2D eigenvalue weighted by atomic mass is 9.87. The summed E-state index contributed by atoms with van der Waals surface area (Å²) in [5, 5.41) is 4.28. The maximum absolute atomic E-state index is 6.66. The van der Waals surface area contributed by atoms with Crippen molar-refractivity contribution in [1.82, 2.24) is 0 Å². The molecule has 5 rings (SSSR count). The highest BCUT2D eigenvalue weighted by Gasteiger charge is 2.46. The summed E-state index contributed by atoms with van der Waals surface area (Å²) < 4.78 is 19.8. The van der Waals surface area contributed by atoms with E-state index in [0.29, 0.717) is 18.2 Å². The van der Waals surface area contributed by atoms with Crippen LogP contribution in [0.25, 0.3) is 0 Å². The van der Waals surface area contributed by atoms with Crippen molar-refractivity contribution in [3.05, 3.63) is 130 Å². The van der Waals surface area contributed by atoms with Gasteiger partial charge in [-0.15, -0.1) is 0 Å². The van der Waals surface area contributed by atoms with Crippen LogP contribution in [-0.4, -0.2) is 11.7 Å². The minimum absolute atomic E-state index is 0.136. The van der Waals surface area contributed by atoms with E-state index in [2.05, 4.69) is 88.5 Å². The van der Waals surface area contributed by atoms with E-state index in [0.717, 1.165) is 34.7 Å². The van der Waals surface area contributed by atoms with Gasteiger partial charge in [-0.05, 0) is 65.8 Å². The molecular formula is C36H40ClNO3. The van der Waals surface area contributed by atoms with Crippen LogP contribution in [0.1, 0.15) is 68.5 Å². The van der Waals surface area contributed by atoms with Crippen LogP contribution in [0.15, 0.2) is 97.1 Å². The maximum atomic E-state index is 6.66. The van der Waals surface area contributed by atoms with Crippen molar-refractivity contribution in [3.63, 3.8) is 0 Å². The zero-order valence-corrected chi connectivity index (χ0v) is 25.4. The van der Waals surface area contributed by atoms with E-state index in [1.54, 1.807) is 0 Å². The molecular weight excluding hydrogens is 530 g/mol. The number of hydrogen-bond acceptors (Lipinski definition) is 4. The first kappa shape index (κ1) is 29.2. The van der Waals surface area contributed by atoms with Crippen LogP contribution in [0, 0.1) is 0 Å². The van der Waals surface area contributed by atoms with Gasteiger partial charge in [0.05, 0.1) is 13.2 Å². The first-order chi connectivity index (χ1) is 19.6. The van der Waals surface area contributed by atoms with E-state index in [-0.39, 0.29) is 17.6 Å². The normalized spacial score (nSPS) is 17.9. The lowest BCUT2D eigenvalue weighted by molar-refractivity contribution is -0.170. The van der Waals surface area contributed by atoms with Gasteiger partial charge in [0.25, 0.3) is 0 Å². The van der Waals surface area contributed by atoms with Crippen molar-refractivity contribution in [2.45, 2.75) is 77.6 Å². The Bertz CT molecular complexity index is 1440. The van der Waals surface area contributed by atoms with Gasteiger partial charge in [0, 0.05) is 22.8 Å². The Hall–Kier alpha value is -3.31. The average Bonchev–Trinajstić information content (AvgIpc) is 2.95. The Morgan fingerprint density at radius 2 is 1.51 bits per heavy atom. The van der Waals surface area contributed by atoms with Gasteiger partial charge in [-0.2, -0.15) is 0 Å². The van der Waals surface area contributed by atoms with Crippen LogP contribution in [-0.2, 0) is 34.6 Å². The molecule has 1 heterocycles. The molecule has 0 saturated carbocycles. The summed E-state index contributed by atoms with van der Waals surface area (Å²) in [7, 11) is 0. The Kier molecular flexibility index (Phi) is 8.74. The van der Waals surface area contributed by atoms with E-state index in [9.17, 15) is 0 Å². The fourth-order valence-corrected chi connectivity index (χ4v) is 5.38. The van der Waals surface area contributed by atoms with Crippen LogP contribution in [0.3, 0.4) is 0 Å². The number of hydrogen-bond donors (Lipinski definition) is 1. The zero-order chi connectivity index (χ0) is 29.0. The van der Waals surface area contributed by atoms with Gasteiger partial charge in [0.2, 0.25) is 0 Å². The summed E-state index contributed by atoms with van der Waals surface area (Å²) >= 11 is 6.46. The molecule has 0 aliphatic carbocycles. The predicted molar refractivity (Wildman–Crippen MR) is 168 cm³/mol. The summed E-state index contributed by atoms with van der Waals surface area (Å²) in [6, 6.07) is 33.1. The number of fused-ring (bicyclic) bond motifs is 1. The fraction of sp³-hybridized carbons (Fsp3) is 0.333. The van der Waals surface area contributed by atoms with E-state index in [4.69, 9.17) is 25.8 Å².